The first kappa shape index (κ1) is 17.9. The van der Waals surface area contributed by atoms with E-state index in [0.29, 0.717) is 6.04 Å². The SMILES string of the molecule is CCN(CCCCCc1ccccn1)C1CCc2c(N)cccc2C1. The Bertz CT molecular complexity index is 654. The van der Waals surface area contributed by atoms with Gasteiger partial charge in [0.2, 0.25) is 0 Å². The van der Waals surface area contributed by atoms with Crippen molar-refractivity contribution in [2.45, 2.75) is 57.9 Å². The van der Waals surface area contributed by atoms with Gasteiger partial charge < -0.3 is 10.6 Å². The normalized spacial score (nSPS) is 16.8. The molecule has 3 nitrogen and oxygen atoms in total. The third-order valence-corrected chi connectivity index (χ3v) is 5.52. The number of aromatic nitrogens is 1. The molecule has 3 rings (SSSR count). The fourth-order valence-corrected chi connectivity index (χ4v) is 4.07. The number of benzene rings is 1. The Hall–Kier alpha value is -1.87. The molecule has 0 radical (unpaired) electrons. The Morgan fingerprint density at radius 1 is 1.12 bits per heavy atom. The molecule has 1 aromatic carbocycles. The van der Waals surface area contributed by atoms with E-state index in [1.165, 1.54) is 49.0 Å². The van der Waals surface area contributed by atoms with Crippen molar-refractivity contribution in [3.8, 4) is 0 Å². The second-order valence-corrected chi connectivity index (χ2v) is 7.14. The maximum Gasteiger partial charge on any atom is 0.0403 e. The van der Waals surface area contributed by atoms with E-state index in [2.05, 4.69) is 41.1 Å². The zero-order valence-electron chi connectivity index (χ0n) is 15.5. The summed E-state index contributed by atoms with van der Waals surface area (Å²) in [5, 5.41) is 0. The van der Waals surface area contributed by atoms with Gasteiger partial charge in [-0.1, -0.05) is 31.5 Å². The summed E-state index contributed by atoms with van der Waals surface area (Å²) in [6, 6.07) is 13.3. The number of fused-ring (bicyclic) bond motifs is 1. The molecule has 25 heavy (non-hydrogen) atoms. The molecule has 134 valence electrons. The number of nitrogens with two attached hydrogens (primary N) is 1. The number of pyridine rings is 1. The first-order chi connectivity index (χ1) is 12.3. The largest absolute Gasteiger partial charge is 0.398 e. The molecule has 0 amide bonds. The van der Waals surface area contributed by atoms with Crippen LogP contribution in [0.2, 0.25) is 0 Å². The number of rotatable bonds is 8. The number of nitrogen functional groups attached to an aromatic ring is 1. The van der Waals surface area contributed by atoms with Gasteiger partial charge in [-0.25, -0.2) is 0 Å². The fourth-order valence-electron chi connectivity index (χ4n) is 4.07. The van der Waals surface area contributed by atoms with Crippen LogP contribution < -0.4 is 5.73 Å². The molecule has 0 spiro atoms. The standard InChI is InChI=1S/C22H31N3/c1-2-25(16-7-3-4-10-19-11-5-6-15-24-19)20-13-14-21-18(17-20)9-8-12-22(21)23/h5-6,8-9,11-12,15,20H,2-4,7,10,13-14,16-17,23H2,1H3. The summed E-state index contributed by atoms with van der Waals surface area (Å²) < 4.78 is 0. The van der Waals surface area contributed by atoms with Gasteiger partial charge in [-0.3, -0.25) is 4.98 Å². The summed E-state index contributed by atoms with van der Waals surface area (Å²) in [5.41, 5.74) is 11.2. The quantitative estimate of drug-likeness (QED) is 0.578. The number of hydrogen-bond donors (Lipinski definition) is 1. The first-order valence-electron chi connectivity index (χ1n) is 9.78. The third-order valence-electron chi connectivity index (χ3n) is 5.52. The molecule has 0 fully saturated rings. The van der Waals surface area contributed by atoms with Gasteiger partial charge in [0.1, 0.15) is 0 Å². The smallest absolute Gasteiger partial charge is 0.0403 e. The van der Waals surface area contributed by atoms with Gasteiger partial charge in [0.15, 0.2) is 0 Å². The number of nitrogens with zero attached hydrogens (tertiary/aromatic N) is 2. The summed E-state index contributed by atoms with van der Waals surface area (Å²) in [4.78, 5) is 7.08. The van der Waals surface area contributed by atoms with Crippen molar-refractivity contribution >= 4 is 5.69 Å². The lowest BCUT2D eigenvalue weighted by atomic mass is 9.86. The summed E-state index contributed by atoms with van der Waals surface area (Å²) in [6.07, 6.45) is 10.3. The lowest BCUT2D eigenvalue weighted by Crippen LogP contribution is -2.40. The van der Waals surface area contributed by atoms with E-state index in [1.807, 2.05) is 18.3 Å². The molecule has 1 aliphatic carbocycles. The van der Waals surface area contributed by atoms with Crippen molar-refractivity contribution in [1.82, 2.24) is 9.88 Å². The lowest BCUT2D eigenvalue weighted by molar-refractivity contribution is 0.185. The highest BCUT2D eigenvalue weighted by atomic mass is 15.1. The first-order valence-corrected chi connectivity index (χ1v) is 9.78. The van der Waals surface area contributed by atoms with Crippen molar-refractivity contribution < 1.29 is 0 Å². The Balaban J connectivity index is 1.43. The molecule has 1 aliphatic rings. The third kappa shape index (κ3) is 4.82. The van der Waals surface area contributed by atoms with Crippen LogP contribution in [0.3, 0.4) is 0 Å². The molecule has 1 atom stereocenters. The summed E-state index contributed by atoms with van der Waals surface area (Å²) in [5.74, 6) is 0. The van der Waals surface area contributed by atoms with Crippen LogP contribution in [0, 0.1) is 0 Å². The highest BCUT2D eigenvalue weighted by Crippen LogP contribution is 2.28. The molecule has 0 aliphatic heterocycles. The van der Waals surface area contributed by atoms with Gasteiger partial charge in [0.25, 0.3) is 0 Å². The van der Waals surface area contributed by atoms with Crippen molar-refractivity contribution in [2.75, 3.05) is 18.8 Å². The van der Waals surface area contributed by atoms with Crippen molar-refractivity contribution in [3.05, 3.63) is 59.4 Å². The van der Waals surface area contributed by atoms with E-state index < -0.39 is 0 Å². The minimum absolute atomic E-state index is 0.676. The number of likely N-dealkylation sites (N-methyl/N-ethyl adjacent to an activating group) is 1. The Morgan fingerprint density at radius 3 is 2.84 bits per heavy atom. The van der Waals surface area contributed by atoms with E-state index in [4.69, 9.17) is 5.73 Å². The maximum absolute atomic E-state index is 6.14. The zero-order chi connectivity index (χ0) is 17.5. The van der Waals surface area contributed by atoms with Crippen LogP contribution in [0.1, 0.15) is 49.4 Å². The van der Waals surface area contributed by atoms with Crippen LogP contribution in [0.5, 0.6) is 0 Å². The van der Waals surface area contributed by atoms with E-state index in [9.17, 15) is 0 Å². The van der Waals surface area contributed by atoms with Crippen LogP contribution in [-0.4, -0.2) is 29.0 Å². The molecule has 2 aromatic rings. The predicted molar refractivity (Wildman–Crippen MR) is 106 cm³/mol. The number of hydrogen-bond acceptors (Lipinski definition) is 3. The summed E-state index contributed by atoms with van der Waals surface area (Å²) >= 11 is 0. The average molecular weight is 338 g/mol. The minimum atomic E-state index is 0.676. The Labute approximate surface area is 152 Å². The van der Waals surface area contributed by atoms with E-state index in [-0.39, 0.29) is 0 Å². The van der Waals surface area contributed by atoms with Gasteiger partial charge in [0, 0.05) is 23.6 Å². The number of anilines is 1. The molecule has 1 heterocycles. The van der Waals surface area contributed by atoms with E-state index in [1.54, 1.807) is 0 Å². The molecule has 1 unspecified atom stereocenters. The zero-order valence-corrected chi connectivity index (χ0v) is 15.5. The average Bonchev–Trinajstić information content (AvgIpc) is 2.65. The molecule has 1 aromatic heterocycles. The highest BCUT2D eigenvalue weighted by Gasteiger charge is 2.24. The Morgan fingerprint density at radius 2 is 2.04 bits per heavy atom. The molecular formula is C22H31N3. The molecule has 2 N–H and O–H groups in total. The molecule has 0 saturated heterocycles. The van der Waals surface area contributed by atoms with Crippen molar-refractivity contribution in [3.63, 3.8) is 0 Å². The number of aryl methyl sites for hydroxylation is 1. The van der Waals surface area contributed by atoms with Gasteiger partial charge in [-0.15, -0.1) is 0 Å². The highest BCUT2D eigenvalue weighted by molar-refractivity contribution is 5.52. The molecule has 3 heteroatoms. The minimum Gasteiger partial charge on any atom is -0.398 e. The predicted octanol–water partition coefficient (Wildman–Crippen LogP) is 4.26. The van der Waals surface area contributed by atoms with Crippen LogP contribution >= 0.6 is 0 Å². The summed E-state index contributed by atoms with van der Waals surface area (Å²) in [6.45, 7) is 4.65. The van der Waals surface area contributed by atoms with Gasteiger partial charge >= 0.3 is 0 Å². The monoisotopic (exact) mass is 337 g/mol. The van der Waals surface area contributed by atoms with Crippen LogP contribution in [0.25, 0.3) is 0 Å². The fraction of sp³-hybridized carbons (Fsp3) is 0.500. The number of unbranched alkanes of at least 4 members (excludes halogenated alkanes) is 2. The van der Waals surface area contributed by atoms with Crippen LogP contribution in [-0.2, 0) is 19.3 Å². The van der Waals surface area contributed by atoms with Crippen LogP contribution in [0.15, 0.2) is 42.6 Å². The lowest BCUT2D eigenvalue weighted by Gasteiger charge is -2.35. The van der Waals surface area contributed by atoms with E-state index in [0.717, 1.165) is 31.5 Å². The Kier molecular flexibility index (Phi) is 6.46. The van der Waals surface area contributed by atoms with Gasteiger partial charge in [-0.2, -0.15) is 0 Å². The van der Waals surface area contributed by atoms with Crippen LogP contribution in [0.4, 0.5) is 5.69 Å². The second-order valence-electron chi connectivity index (χ2n) is 7.14. The molecule has 0 bridgehead atoms. The van der Waals surface area contributed by atoms with Crippen molar-refractivity contribution in [2.24, 2.45) is 0 Å². The second kappa shape index (κ2) is 9.00. The van der Waals surface area contributed by atoms with Gasteiger partial charge in [0.05, 0.1) is 0 Å². The summed E-state index contributed by atoms with van der Waals surface area (Å²) in [7, 11) is 0. The van der Waals surface area contributed by atoms with Crippen molar-refractivity contribution in [1.29, 1.82) is 0 Å². The van der Waals surface area contributed by atoms with Gasteiger partial charge in [-0.05, 0) is 80.9 Å². The molecular weight excluding hydrogens is 306 g/mol. The van der Waals surface area contributed by atoms with E-state index >= 15 is 0 Å². The molecule has 0 saturated carbocycles. The maximum atomic E-state index is 6.14. The topological polar surface area (TPSA) is 42.2 Å².